The van der Waals surface area contributed by atoms with Crippen LogP contribution in [0.25, 0.3) is 0 Å². The molecule has 17 heavy (non-hydrogen) atoms. The van der Waals surface area contributed by atoms with Gasteiger partial charge in [-0.15, -0.1) is 0 Å². The van der Waals surface area contributed by atoms with E-state index in [1.165, 1.54) is 0 Å². The quantitative estimate of drug-likeness (QED) is 0.577. The predicted octanol–water partition coefficient (Wildman–Crippen LogP) is 0.576. The van der Waals surface area contributed by atoms with Crippen molar-refractivity contribution in [3.63, 3.8) is 0 Å². The van der Waals surface area contributed by atoms with E-state index in [1.807, 2.05) is 19.1 Å². The maximum Gasteiger partial charge on any atom is 0.146 e. The van der Waals surface area contributed by atoms with E-state index in [0.717, 1.165) is 42.3 Å². The fourth-order valence-corrected chi connectivity index (χ4v) is 1.93. The van der Waals surface area contributed by atoms with E-state index in [0.29, 0.717) is 0 Å². The molecule has 0 bridgehead atoms. The van der Waals surface area contributed by atoms with Gasteiger partial charge in [-0.3, -0.25) is 5.01 Å². The van der Waals surface area contributed by atoms with Crippen LogP contribution in [-0.2, 0) is 0 Å². The molecule has 5 nitrogen and oxygen atoms in total. The molecular weight excluding hydrogens is 214 g/mol. The molecule has 4 N–H and O–H groups in total. The Balaban J connectivity index is 2.22. The first-order valence-corrected chi connectivity index (χ1v) is 5.71. The molecule has 0 aliphatic carbocycles. The van der Waals surface area contributed by atoms with Crippen molar-refractivity contribution in [3.05, 3.63) is 35.3 Å². The zero-order valence-corrected chi connectivity index (χ0v) is 10.3. The summed E-state index contributed by atoms with van der Waals surface area (Å²) in [6.45, 7) is 3.73. The number of aromatic nitrogens is 1. The van der Waals surface area contributed by atoms with Gasteiger partial charge in [0.05, 0.1) is 5.70 Å². The SMILES string of the molecule is Cc1ccc(N(N)C2=C(N)CN(C)CC2)nc1. The summed E-state index contributed by atoms with van der Waals surface area (Å²) in [7, 11) is 2.05. The minimum Gasteiger partial charge on any atom is -0.400 e. The summed E-state index contributed by atoms with van der Waals surface area (Å²) in [5.74, 6) is 6.80. The summed E-state index contributed by atoms with van der Waals surface area (Å²) < 4.78 is 0. The van der Waals surface area contributed by atoms with Crippen molar-refractivity contribution in [3.8, 4) is 0 Å². The Labute approximate surface area is 102 Å². The number of likely N-dealkylation sites (N-methyl/N-ethyl adjacent to an activating group) is 1. The topological polar surface area (TPSA) is 71.4 Å². The van der Waals surface area contributed by atoms with E-state index in [9.17, 15) is 0 Å². The molecule has 2 heterocycles. The summed E-state index contributed by atoms with van der Waals surface area (Å²) in [6.07, 6.45) is 2.66. The lowest BCUT2D eigenvalue weighted by Gasteiger charge is -2.30. The van der Waals surface area contributed by atoms with Gasteiger partial charge in [-0.2, -0.15) is 0 Å². The van der Waals surface area contributed by atoms with Crippen molar-refractivity contribution in [2.75, 3.05) is 25.1 Å². The molecule has 0 amide bonds. The Morgan fingerprint density at radius 1 is 1.41 bits per heavy atom. The first kappa shape index (κ1) is 11.9. The third-order valence-corrected chi connectivity index (χ3v) is 2.97. The van der Waals surface area contributed by atoms with E-state index in [4.69, 9.17) is 11.6 Å². The van der Waals surface area contributed by atoms with Crippen LogP contribution >= 0.6 is 0 Å². The van der Waals surface area contributed by atoms with Crippen LogP contribution in [0, 0.1) is 6.92 Å². The molecule has 5 heteroatoms. The van der Waals surface area contributed by atoms with E-state index in [-0.39, 0.29) is 0 Å². The van der Waals surface area contributed by atoms with Gasteiger partial charge in [0.25, 0.3) is 0 Å². The normalized spacial score (nSPS) is 17.4. The minimum atomic E-state index is 0.734. The molecule has 0 fully saturated rings. The number of rotatable bonds is 2. The van der Waals surface area contributed by atoms with Crippen molar-refractivity contribution >= 4 is 5.82 Å². The molecule has 0 atom stereocenters. The zero-order valence-electron chi connectivity index (χ0n) is 10.3. The molecule has 1 aliphatic heterocycles. The molecule has 0 radical (unpaired) electrons. The molecule has 0 saturated heterocycles. The Morgan fingerprint density at radius 3 is 2.76 bits per heavy atom. The second-order valence-corrected chi connectivity index (χ2v) is 4.52. The second kappa shape index (κ2) is 4.73. The van der Waals surface area contributed by atoms with Crippen molar-refractivity contribution in [2.24, 2.45) is 11.6 Å². The van der Waals surface area contributed by atoms with Crippen molar-refractivity contribution in [1.29, 1.82) is 0 Å². The minimum absolute atomic E-state index is 0.734. The first-order valence-electron chi connectivity index (χ1n) is 5.71. The number of nitrogens with two attached hydrogens (primary N) is 2. The molecular formula is C12H19N5. The van der Waals surface area contributed by atoms with Gasteiger partial charge in [0.1, 0.15) is 5.82 Å². The summed E-state index contributed by atoms with van der Waals surface area (Å²) in [5.41, 5.74) is 8.94. The van der Waals surface area contributed by atoms with E-state index in [2.05, 4.69) is 16.9 Å². The molecule has 0 spiro atoms. The molecule has 92 valence electrons. The average molecular weight is 233 g/mol. The van der Waals surface area contributed by atoms with Crippen LogP contribution in [0.2, 0.25) is 0 Å². The van der Waals surface area contributed by atoms with Gasteiger partial charge < -0.3 is 10.6 Å². The summed E-state index contributed by atoms with van der Waals surface area (Å²) in [6, 6.07) is 3.90. The number of nitrogens with zero attached hydrogens (tertiary/aromatic N) is 3. The Kier molecular flexibility index (Phi) is 3.31. The van der Waals surface area contributed by atoms with Gasteiger partial charge in [-0.25, -0.2) is 10.8 Å². The Morgan fingerprint density at radius 2 is 2.18 bits per heavy atom. The van der Waals surface area contributed by atoms with Crippen LogP contribution in [-0.4, -0.2) is 30.0 Å². The van der Waals surface area contributed by atoms with Gasteiger partial charge in [0.2, 0.25) is 0 Å². The molecule has 0 aromatic carbocycles. The van der Waals surface area contributed by atoms with Gasteiger partial charge >= 0.3 is 0 Å². The molecule has 2 rings (SSSR count). The number of aryl methyl sites for hydroxylation is 1. The highest BCUT2D eigenvalue weighted by atomic mass is 15.4. The van der Waals surface area contributed by atoms with Gasteiger partial charge in [0, 0.05) is 31.4 Å². The number of anilines is 1. The second-order valence-electron chi connectivity index (χ2n) is 4.52. The van der Waals surface area contributed by atoms with Crippen LogP contribution in [0.4, 0.5) is 5.82 Å². The first-order chi connectivity index (χ1) is 8.08. The highest BCUT2D eigenvalue weighted by Gasteiger charge is 2.19. The summed E-state index contributed by atoms with van der Waals surface area (Å²) in [4.78, 5) is 6.48. The van der Waals surface area contributed by atoms with Crippen LogP contribution in [0.3, 0.4) is 0 Å². The highest BCUT2D eigenvalue weighted by Crippen LogP contribution is 2.20. The zero-order chi connectivity index (χ0) is 12.4. The average Bonchev–Trinajstić information content (AvgIpc) is 2.29. The van der Waals surface area contributed by atoms with Crippen LogP contribution in [0.15, 0.2) is 29.7 Å². The number of hydrogen-bond donors (Lipinski definition) is 2. The smallest absolute Gasteiger partial charge is 0.146 e. The Bertz CT molecular complexity index is 423. The molecule has 1 aliphatic rings. The van der Waals surface area contributed by atoms with Crippen molar-refractivity contribution in [2.45, 2.75) is 13.3 Å². The van der Waals surface area contributed by atoms with Gasteiger partial charge in [-0.05, 0) is 25.6 Å². The number of hydrazine groups is 1. The summed E-state index contributed by atoms with van der Waals surface area (Å²) >= 11 is 0. The van der Waals surface area contributed by atoms with Gasteiger partial charge in [-0.1, -0.05) is 6.07 Å². The third-order valence-electron chi connectivity index (χ3n) is 2.97. The highest BCUT2D eigenvalue weighted by molar-refractivity contribution is 5.45. The predicted molar refractivity (Wildman–Crippen MR) is 69.0 cm³/mol. The monoisotopic (exact) mass is 233 g/mol. The summed E-state index contributed by atoms with van der Waals surface area (Å²) in [5, 5.41) is 1.60. The Hall–Kier alpha value is -1.59. The molecule has 0 saturated carbocycles. The lowest BCUT2D eigenvalue weighted by Crippen LogP contribution is -2.40. The lowest BCUT2D eigenvalue weighted by molar-refractivity contribution is 0.343. The molecule has 1 aromatic rings. The molecule has 0 unspecified atom stereocenters. The van der Waals surface area contributed by atoms with Crippen molar-refractivity contribution < 1.29 is 0 Å². The number of hydrogen-bond acceptors (Lipinski definition) is 5. The molecule has 1 aromatic heterocycles. The van der Waals surface area contributed by atoms with Gasteiger partial charge in [0.15, 0.2) is 0 Å². The van der Waals surface area contributed by atoms with Crippen LogP contribution < -0.4 is 16.6 Å². The largest absolute Gasteiger partial charge is 0.400 e. The fraction of sp³-hybridized carbons (Fsp3) is 0.417. The van der Waals surface area contributed by atoms with Crippen LogP contribution in [0.1, 0.15) is 12.0 Å². The maximum atomic E-state index is 6.07. The van der Waals surface area contributed by atoms with E-state index >= 15 is 0 Å². The third kappa shape index (κ3) is 2.57. The standard InChI is InChI=1S/C12H19N5/c1-9-3-4-12(15-7-9)17(14)11-5-6-16(2)8-10(11)13/h3-4,7H,5-6,8,13-14H2,1-2H3. The number of pyridine rings is 1. The maximum absolute atomic E-state index is 6.07. The van der Waals surface area contributed by atoms with Crippen LogP contribution in [0.5, 0.6) is 0 Å². The lowest BCUT2D eigenvalue weighted by atomic mass is 10.1. The van der Waals surface area contributed by atoms with Crippen molar-refractivity contribution in [1.82, 2.24) is 9.88 Å². The fourth-order valence-electron chi connectivity index (χ4n) is 1.93. The van der Waals surface area contributed by atoms with E-state index < -0.39 is 0 Å². The van der Waals surface area contributed by atoms with E-state index in [1.54, 1.807) is 11.2 Å².